The van der Waals surface area contributed by atoms with Gasteiger partial charge in [0, 0.05) is 5.69 Å². The maximum absolute atomic E-state index is 13.1. The van der Waals surface area contributed by atoms with Gasteiger partial charge in [0.05, 0.1) is 11.1 Å². The molecule has 0 amide bonds. The molecule has 110 valence electrons. The lowest BCUT2D eigenvalue weighted by molar-refractivity contribution is -0.140. The third kappa shape index (κ3) is 3.31. The Hall–Kier alpha value is -2.57. The highest BCUT2D eigenvalue weighted by Crippen LogP contribution is 2.33. The smallest absolute Gasteiger partial charge is 0.419 e. The SMILES string of the molecule is Nc1ccccc1C(=O)Oc1ccc(F)c(C(F)(F)F)c1. The number of hydrogen-bond acceptors (Lipinski definition) is 3. The van der Waals surface area contributed by atoms with E-state index in [0.29, 0.717) is 12.1 Å². The normalized spacial score (nSPS) is 11.2. The Balaban J connectivity index is 2.29. The highest BCUT2D eigenvalue weighted by Gasteiger charge is 2.34. The van der Waals surface area contributed by atoms with Crippen molar-refractivity contribution in [2.75, 3.05) is 5.73 Å². The highest BCUT2D eigenvalue weighted by atomic mass is 19.4. The molecule has 2 rings (SSSR count). The van der Waals surface area contributed by atoms with Gasteiger partial charge in [-0.2, -0.15) is 13.2 Å². The van der Waals surface area contributed by atoms with Crippen molar-refractivity contribution in [3.8, 4) is 5.75 Å². The van der Waals surface area contributed by atoms with E-state index in [1.54, 1.807) is 6.07 Å². The number of halogens is 4. The quantitative estimate of drug-likeness (QED) is 0.398. The van der Waals surface area contributed by atoms with Gasteiger partial charge in [-0.15, -0.1) is 0 Å². The molecule has 0 aliphatic carbocycles. The van der Waals surface area contributed by atoms with Crippen LogP contribution in [-0.4, -0.2) is 5.97 Å². The number of ether oxygens (including phenoxy) is 1. The summed E-state index contributed by atoms with van der Waals surface area (Å²) in [4.78, 5) is 11.8. The monoisotopic (exact) mass is 299 g/mol. The van der Waals surface area contributed by atoms with Gasteiger partial charge in [0.25, 0.3) is 0 Å². The number of alkyl halides is 3. The molecule has 3 nitrogen and oxygen atoms in total. The van der Waals surface area contributed by atoms with Crippen molar-refractivity contribution in [1.29, 1.82) is 0 Å². The fourth-order valence-electron chi connectivity index (χ4n) is 1.63. The molecule has 0 aliphatic heterocycles. The lowest BCUT2D eigenvalue weighted by atomic mass is 10.1. The van der Waals surface area contributed by atoms with E-state index in [1.165, 1.54) is 18.2 Å². The number of benzene rings is 2. The number of hydrogen-bond donors (Lipinski definition) is 1. The number of nitrogen functional groups attached to an aromatic ring is 1. The molecule has 0 bridgehead atoms. The molecule has 0 saturated carbocycles. The summed E-state index contributed by atoms with van der Waals surface area (Å²) in [6, 6.07) is 7.87. The largest absolute Gasteiger partial charge is 0.423 e. The summed E-state index contributed by atoms with van der Waals surface area (Å²) in [5.74, 6) is -2.79. The number of carbonyl (C=O) groups excluding carboxylic acids is 1. The van der Waals surface area contributed by atoms with Gasteiger partial charge in [0.2, 0.25) is 0 Å². The second-order valence-electron chi connectivity index (χ2n) is 4.12. The zero-order chi connectivity index (χ0) is 15.6. The van der Waals surface area contributed by atoms with E-state index in [1.807, 2.05) is 0 Å². The van der Waals surface area contributed by atoms with Gasteiger partial charge in [-0.1, -0.05) is 12.1 Å². The molecule has 0 spiro atoms. The number of anilines is 1. The van der Waals surface area contributed by atoms with Gasteiger partial charge >= 0.3 is 12.1 Å². The number of esters is 1. The first kappa shape index (κ1) is 14.8. The number of carbonyl (C=O) groups is 1. The van der Waals surface area contributed by atoms with E-state index in [9.17, 15) is 22.4 Å². The van der Waals surface area contributed by atoms with Crippen molar-refractivity contribution in [1.82, 2.24) is 0 Å². The Bertz CT molecular complexity index is 683. The lowest BCUT2D eigenvalue weighted by Crippen LogP contribution is -2.13. The molecule has 0 saturated heterocycles. The van der Waals surface area contributed by atoms with E-state index in [0.717, 1.165) is 6.07 Å². The minimum Gasteiger partial charge on any atom is -0.423 e. The first-order valence-corrected chi connectivity index (χ1v) is 5.72. The van der Waals surface area contributed by atoms with Crippen molar-refractivity contribution in [2.45, 2.75) is 6.18 Å². The van der Waals surface area contributed by atoms with Crippen LogP contribution in [0.1, 0.15) is 15.9 Å². The second-order valence-corrected chi connectivity index (χ2v) is 4.12. The Morgan fingerprint density at radius 2 is 1.76 bits per heavy atom. The van der Waals surface area contributed by atoms with Crippen LogP contribution in [0, 0.1) is 5.82 Å². The number of para-hydroxylation sites is 1. The molecule has 2 aromatic rings. The summed E-state index contributed by atoms with van der Waals surface area (Å²) in [6.45, 7) is 0. The van der Waals surface area contributed by atoms with Crippen LogP contribution in [0.3, 0.4) is 0 Å². The average molecular weight is 299 g/mol. The van der Waals surface area contributed by atoms with Gasteiger partial charge in [0.15, 0.2) is 0 Å². The number of nitrogens with two attached hydrogens (primary N) is 1. The zero-order valence-corrected chi connectivity index (χ0v) is 10.4. The van der Waals surface area contributed by atoms with Crippen molar-refractivity contribution < 1.29 is 27.1 Å². The average Bonchev–Trinajstić information content (AvgIpc) is 2.40. The summed E-state index contributed by atoms with van der Waals surface area (Å²) in [5.41, 5.74) is 4.19. The van der Waals surface area contributed by atoms with E-state index >= 15 is 0 Å². The third-order valence-electron chi connectivity index (χ3n) is 2.63. The van der Waals surface area contributed by atoms with Crippen LogP contribution in [0.25, 0.3) is 0 Å². The molecule has 2 N–H and O–H groups in total. The Labute approximate surface area is 116 Å². The fourth-order valence-corrected chi connectivity index (χ4v) is 1.63. The topological polar surface area (TPSA) is 52.3 Å². The van der Waals surface area contributed by atoms with E-state index in [4.69, 9.17) is 10.5 Å². The second kappa shape index (κ2) is 5.43. The Kier molecular flexibility index (Phi) is 3.84. The van der Waals surface area contributed by atoms with Crippen molar-refractivity contribution >= 4 is 11.7 Å². The van der Waals surface area contributed by atoms with Crippen LogP contribution in [-0.2, 0) is 6.18 Å². The predicted octanol–water partition coefficient (Wildman–Crippen LogP) is 3.65. The van der Waals surface area contributed by atoms with Crippen LogP contribution in [0.15, 0.2) is 42.5 Å². The predicted molar refractivity (Wildman–Crippen MR) is 67.2 cm³/mol. The van der Waals surface area contributed by atoms with Gasteiger partial charge in [-0.25, -0.2) is 9.18 Å². The van der Waals surface area contributed by atoms with Crippen LogP contribution in [0.5, 0.6) is 5.75 Å². The first-order chi connectivity index (χ1) is 9.79. The van der Waals surface area contributed by atoms with Gasteiger partial charge in [-0.3, -0.25) is 0 Å². The third-order valence-corrected chi connectivity index (χ3v) is 2.63. The van der Waals surface area contributed by atoms with E-state index in [2.05, 4.69) is 0 Å². The molecule has 21 heavy (non-hydrogen) atoms. The van der Waals surface area contributed by atoms with Gasteiger partial charge in [-0.05, 0) is 30.3 Å². The van der Waals surface area contributed by atoms with Crippen molar-refractivity contribution in [3.05, 3.63) is 59.4 Å². The minimum atomic E-state index is -4.88. The summed E-state index contributed by atoms with van der Waals surface area (Å²) >= 11 is 0. The lowest BCUT2D eigenvalue weighted by Gasteiger charge is -2.11. The maximum Gasteiger partial charge on any atom is 0.419 e. The summed E-state index contributed by atoms with van der Waals surface area (Å²) < 4.78 is 55.6. The van der Waals surface area contributed by atoms with Gasteiger partial charge < -0.3 is 10.5 Å². The molecule has 0 aliphatic rings. The molecule has 7 heteroatoms. The molecule has 0 fully saturated rings. The highest BCUT2D eigenvalue weighted by molar-refractivity contribution is 5.96. The maximum atomic E-state index is 13.1. The standard InChI is InChI=1S/C14H9F4NO2/c15-11-6-5-8(7-10(11)14(16,17)18)21-13(20)9-3-1-2-4-12(9)19/h1-7H,19H2. The molecule has 0 radical (unpaired) electrons. The molecular formula is C14H9F4NO2. The zero-order valence-electron chi connectivity index (χ0n) is 10.4. The molecular weight excluding hydrogens is 290 g/mol. The van der Waals surface area contributed by atoms with Crippen LogP contribution < -0.4 is 10.5 Å². The molecule has 0 heterocycles. The molecule has 0 atom stereocenters. The number of rotatable bonds is 2. The fraction of sp³-hybridized carbons (Fsp3) is 0.0714. The summed E-state index contributed by atoms with van der Waals surface area (Å²) in [6.07, 6.45) is -4.88. The molecule has 2 aromatic carbocycles. The van der Waals surface area contributed by atoms with Crippen LogP contribution in [0.2, 0.25) is 0 Å². The van der Waals surface area contributed by atoms with Crippen molar-refractivity contribution in [3.63, 3.8) is 0 Å². The Morgan fingerprint density at radius 1 is 1.10 bits per heavy atom. The summed E-state index contributed by atoms with van der Waals surface area (Å²) in [5, 5.41) is 0. The molecule has 0 unspecified atom stereocenters. The Morgan fingerprint density at radius 3 is 2.38 bits per heavy atom. The van der Waals surface area contributed by atoms with Crippen LogP contribution in [0.4, 0.5) is 23.2 Å². The summed E-state index contributed by atoms with van der Waals surface area (Å²) in [7, 11) is 0. The molecule has 0 aromatic heterocycles. The minimum absolute atomic E-state index is 0.00961. The van der Waals surface area contributed by atoms with E-state index < -0.39 is 29.3 Å². The van der Waals surface area contributed by atoms with E-state index in [-0.39, 0.29) is 11.3 Å². The van der Waals surface area contributed by atoms with Crippen molar-refractivity contribution in [2.24, 2.45) is 0 Å². The van der Waals surface area contributed by atoms with Crippen LogP contribution >= 0.6 is 0 Å². The van der Waals surface area contributed by atoms with Gasteiger partial charge in [0.1, 0.15) is 11.6 Å². The first-order valence-electron chi connectivity index (χ1n) is 5.72.